The van der Waals surface area contributed by atoms with Crippen LogP contribution in [0.3, 0.4) is 0 Å². The van der Waals surface area contributed by atoms with Crippen LogP contribution in [0.15, 0.2) is 12.1 Å². The van der Waals surface area contributed by atoms with Gasteiger partial charge in [-0.1, -0.05) is 25.7 Å². The minimum atomic E-state index is 0.107. The number of carbonyl (C=O) groups is 1. The fourth-order valence-electron chi connectivity index (χ4n) is 3.58. The van der Waals surface area contributed by atoms with Gasteiger partial charge in [-0.2, -0.15) is 0 Å². The molecule has 1 saturated carbocycles. The highest BCUT2D eigenvalue weighted by Crippen LogP contribution is 2.35. The van der Waals surface area contributed by atoms with E-state index in [1.165, 1.54) is 38.5 Å². The van der Waals surface area contributed by atoms with Crippen molar-refractivity contribution < 1.29 is 4.79 Å². The molecule has 114 valence electrons. The zero-order chi connectivity index (χ0) is 14.8. The minimum absolute atomic E-state index is 0.107. The molecule has 21 heavy (non-hydrogen) atoms. The Balaban J connectivity index is 1.86. The summed E-state index contributed by atoms with van der Waals surface area (Å²) in [5, 5.41) is 2.98. The summed E-state index contributed by atoms with van der Waals surface area (Å²) in [5.41, 5.74) is 10.3. The largest absolute Gasteiger partial charge is 0.397 e. The van der Waals surface area contributed by atoms with Crippen LogP contribution in [0, 0.1) is 0 Å². The smallest absolute Gasteiger partial charge is 0.224 e. The molecule has 3 rings (SSSR count). The van der Waals surface area contributed by atoms with Gasteiger partial charge in [0.2, 0.25) is 5.91 Å². The molecule has 4 heteroatoms. The SMILES string of the molecule is CN(c1cc2c(cc1N)CCC(=O)N2)C1CCCCCC1. The van der Waals surface area contributed by atoms with Gasteiger partial charge in [0.15, 0.2) is 0 Å². The van der Waals surface area contributed by atoms with Crippen molar-refractivity contribution in [2.45, 2.75) is 57.4 Å². The standard InChI is InChI=1S/C17H25N3O/c1-20(13-6-4-2-3-5-7-13)16-11-15-12(10-14(16)18)8-9-17(21)19-15/h10-11,13H,2-9,18H2,1H3,(H,19,21). The van der Waals surface area contributed by atoms with Crippen LogP contribution < -0.4 is 16.0 Å². The van der Waals surface area contributed by atoms with Crippen molar-refractivity contribution >= 4 is 23.0 Å². The number of hydrogen-bond acceptors (Lipinski definition) is 3. The Bertz CT molecular complexity index is 533. The molecule has 2 aliphatic rings. The van der Waals surface area contributed by atoms with E-state index in [1.54, 1.807) is 0 Å². The number of nitrogens with one attached hydrogen (secondary N) is 1. The topological polar surface area (TPSA) is 58.4 Å². The van der Waals surface area contributed by atoms with Gasteiger partial charge in [-0.3, -0.25) is 4.79 Å². The zero-order valence-corrected chi connectivity index (χ0v) is 12.8. The average molecular weight is 287 g/mol. The number of carbonyl (C=O) groups excluding carboxylic acids is 1. The maximum atomic E-state index is 11.6. The van der Waals surface area contributed by atoms with Crippen LogP contribution in [0.2, 0.25) is 0 Å². The summed E-state index contributed by atoms with van der Waals surface area (Å²) in [5.74, 6) is 0.107. The monoisotopic (exact) mass is 287 g/mol. The number of anilines is 3. The maximum Gasteiger partial charge on any atom is 0.224 e. The minimum Gasteiger partial charge on any atom is -0.397 e. The molecule has 0 unspecified atom stereocenters. The average Bonchev–Trinajstić information content (AvgIpc) is 2.75. The maximum absolute atomic E-state index is 11.6. The molecule has 1 aromatic rings. The third-order valence-electron chi connectivity index (χ3n) is 4.90. The molecule has 0 aromatic heterocycles. The van der Waals surface area contributed by atoms with Gasteiger partial charge in [0.05, 0.1) is 11.4 Å². The van der Waals surface area contributed by atoms with Gasteiger partial charge in [0.1, 0.15) is 0 Å². The molecule has 1 aliphatic carbocycles. The summed E-state index contributed by atoms with van der Waals surface area (Å²) >= 11 is 0. The van der Waals surface area contributed by atoms with Crippen LogP contribution >= 0.6 is 0 Å². The lowest BCUT2D eigenvalue weighted by Crippen LogP contribution is -2.32. The predicted octanol–water partition coefficient (Wildman–Crippen LogP) is 3.31. The second-order valence-corrected chi connectivity index (χ2v) is 6.37. The summed E-state index contributed by atoms with van der Waals surface area (Å²) in [4.78, 5) is 13.9. The Morgan fingerprint density at radius 1 is 1.14 bits per heavy atom. The summed E-state index contributed by atoms with van der Waals surface area (Å²) in [6, 6.07) is 4.66. The highest BCUT2D eigenvalue weighted by Gasteiger charge is 2.22. The number of benzene rings is 1. The molecule has 1 amide bonds. The van der Waals surface area contributed by atoms with Crippen LogP contribution in [0.4, 0.5) is 17.1 Å². The molecule has 0 bridgehead atoms. The Morgan fingerprint density at radius 3 is 2.57 bits per heavy atom. The van der Waals surface area contributed by atoms with Gasteiger partial charge in [-0.15, -0.1) is 0 Å². The second-order valence-electron chi connectivity index (χ2n) is 6.37. The lowest BCUT2D eigenvalue weighted by Gasteiger charge is -2.31. The van der Waals surface area contributed by atoms with Crippen molar-refractivity contribution in [1.29, 1.82) is 0 Å². The number of hydrogen-bond donors (Lipinski definition) is 2. The number of fused-ring (bicyclic) bond motifs is 1. The van der Waals surface area contributed by atoms with Crippen molar-refractivity contribution in [2.75, 3.05) is 23.0 Å². The van der Waals surface area contributed by atoms with E-state index in [-0.39, 0.29) is 5.91 Å². The third-order valence-corrected chi connectivity index (χ3v) is 4.90. The first-order chi connectivity index (χ1) is 10.1. The van der Waals surface area contributed by atoms with E-state index in [1.807, 2.05) is 6.07 Å². The van der Waals surface area contributed by atoms with E-state index in [4.69, 9.17) is 5.73 Å². The molecule has 0 atom stereocenters. The van der Waals surface area contributed by atoms with Crippen LogP contribution in [0.1, 0.15) is 50.5 Å². The van der Waals surface area contributed by atoms with Gasteiger partial charge in [0.25, 0.3) is 0 Å². The van der Waals surface area contributed by atoms with Crippen molar-refractivity contribution in [3.05, 3.63) is 17.7 Å². The van der Waals surface area contributed by atoms with Crippen molar-refractivity contribution in [1.82, 2.24) is 0 Å². The highest BCUT2D eigenvalue weighted by molar-refractivity contribution is 5.95. The second kappa shape index (κ2) is 5.96. The number of amides is 1. The summed E-state index contributed by atoms with van der Waals surface area (Å²) in [7, 11) is 2.14. The first kappa shape index (κ1) is 14.2. The number of rotatable bonds is 2. The molecule has 4 nitrogen and oxygen atoms in total. The number of aryl methyl sites for hydroxylation is 1. The van der Waals surface area contributed by atoms with E-state index < -0.39 is 0 Å². The van der Waals surface area contributed by atoms with Gasteiger partial charge in [-0.25, -0.2) is 0 Å². The Morgan fingerprint density at radius 2 is 1.86 bits per heavy atom. The fraction of sp³-hybridized carbons (Fsp3) is 0.588. The van der Waals surface area contributed by atoms with Gasteiger partial charge in [-0.05, 0) is 37.0 Å². The highest BCUT2D eigenvalue weighted by atomic mass is 16.1. The molecule has 0 radical (unpaired) electrons. The molecule has 1 heterocycles. The molecular formula is C17H25N3O. The van der Waals surface area contributed by atoms with Gasteiger partial charge >= 0.3 is 0 Å². The van der Waals surface area contributed by atoms with Gasteiger partial charge < -0.3 is 16.0 Å². The van der Waals surface area contributed by atoms with Gasteiger partial charge in [0, 0.05) is 25.2 Å². The number of nitrogens with two attached hydrogens (primary N) is 1. The molecule has 1 fully saturated rings. The molecule has 1 aromatic carbocycles. The summed E-state index contributed by atoms with van der Waals surface area (Å²) in [6.07, 6.45) is 9.12. The molecule has 0 saturated heterocycles. The Hall–Kier alpha value is -1.71. The first-order valence-electron chi connectivity index (χ1n) is 8.10. The van der Waals surface area contributed by atoms with E-state index in [0.717, 1.165) is 29.0 Å². The van der Waals surface area contributed by atoms with E-state index in [2.05, 4.69) is 23.3 Å². The molecule has 1 aliphatic heterocycles. The van der Waals surface area contributed by atoms with Crippen molar-refractivity contribution in [3.63, 3.8) is 0 Å². The third kappa shape index (κ3) is 2.99. The lowest BCUT2D eigenvalue weighted by atomic mass is 10.00. The van der Waals surface area contributed by atoms with Crippen LogP contribution in [0.25, 0.3) is 0 Å². The number of nitrogen functional groups attached to an aromatic ring is 1. The molecule has 0 spiro atoms. The van der Waals surface area contributed by atoms with E-state index >= 15 is 0 Å². The molecular weight excluding hydrogens is 262 g/mol. The molecule has 3 N–H and O–H groups in total. The van der Waals surface area contributed by atoms with Crippen molar-refractivity contribution in [3.8, 4) is 0 Å². The first-order valence-corrected chi connectivity index (χ1v) is 8.10. The zero-order valence-electron chi connectivity index (χ0n) is 12.8. The van der Waals surface area contributed by atoms with Crippen molar-refractivity contribution in [2.24, 2.45) is 0 Å². The summed E-state index contributed by atoms with van der Waals surface area (Å²) in [6.45, 7) is 0. The van der Waals surface area contributed by atoms with Crippen LogP contribution in [-0.4, -0.2) is 19.0 Å². The quantitative estimate of drug-likeness (QED) is 0.648. The normalized spacial score (nSPS) is 19.6. The fourth-order valence-corrected chi connectivity index (χ4v) is 3.58. The van der Waals surface area contributed by atoms with E-state index in [0.29, 0.717) is 12.5 Å². The Kier molecular flexibility index (Phi) is 4.04. The predicted molar refractivity (Wildman–Crippen MR) is 87.7 cm³/mol. The summed E-state index contributed by atoms with van der Waals surface area (Å²) < 4.78 is 0. The van der Waals surface area contributed by atoms with Crippen LogP contribution in [-0.2, 0) is 11.2 Å². The number of nitrogens with zero attached hydrogens (tertiary/aromatic N) is 1. The Labute approximate surface area is 126 Å². The van der Waals surface area contributed by atoms with Crippen LogP contribution in [0.5, 0.6) is 0 Å². The van der Waals surface area contributed by atoms with E-state index in [9.17, 15) is 4.79 Å². The lowest BCUT2D eigenvalue weighted by molar-refractivity contribution is -0.116.